The molecule has 0 radical (unpaired) electrons. The number of quaternary nitrogens is 1. The van der Waals surface area contributed by atoms with E-state index in [4.69, 9.17) is 21.4 Å². The monoisotopic (exact) mass is 395 g/mol. The van der Waals surface area contributed by atoms with Crippen LogP contribution in [-0.4, -0.2) is 49.9 Å². The van der Waals surface area contributed by atoms with Gasteiger partial charge in [0.1, 0.15) is 5.58 Å². The normalized spacial score (nSPS) is 10.3. The number of thiocarbonyl (C=S) groups is 1. The van der Waals surface area contributed by atoms with Crippen molar-refractivity contribution >= 4 is 28.2 Å². The third-order valence-electron chi connectivity index (χ3n) is 4.78. The lowest BCUT2D eigenvalue weighted by molar-refractivity contribution is -0.923. The maximum Gasteiger partial charge on any atom is 0.336 e. The molecule has 0 unspecified atom stereocenters. The summed E-state index contributed by atoms with van der Waals surface area (Å²) in [5.74, 6) is 0. The Morgan fingerprint density at radius 1 is 1.07 bits per heavy atom. The van der Waals surface area contributed by atoms with Crippen molar-refractivity contribution in [3.8, 4) is 0 Å². The summed E-state index contributed by atoms with van der Waals surface area (Å²) < 4.78 is 11.1. The fourth-order valence-electron chi connectivity index (χ4n) is 2.82. The first-order valence-electron chi connectivity index (χ1n) is 9.48. The lowest BCUT2D eigenvalue weighted by Gasteiger charge is -2.35. The van der Waals surface area contributed by atoms with Gasteiger partial charge in [0.05, 0.1) is 33.3 Å². The van der Waals surface area contributed by atoms with Crippen LogP contribution < -0.4 is 11.4 Å². The average molecular weight is 396 g/mol. The van der Waals surface area contributed by atoms with E-state index >= 15 is 0 Å². The zero-order valence-corrected chi connectivity index (χ0v) is 18.2. The Kier molecular flexibility index (Phi) is 13.4. The molecule has 0 bridgehead atoms. The van der Waals surface area contributed by atoms with E-state index in [1.165, 1.54) is 43.8 Å². The van der Waals surface area contributed by atoms with E-state index in [-0.39, 0.29) is 5.63 Å². The SMILES string of the molecule is CC[N+](CC)(CC)CCCC(=S)OC.CN.O=c1ccc2ccccc2o1. The highest BCUT2D eigenvalue weighted by atomic mass is 32.1. The van der Waals surface area contributed by atoms with E-state index in [0.29, 0.717) is 5.58 Å². The topological polar surface area (TPSA) is 65.5 Å². The van der Waals surface area contributed by atoms with Crippen LogP contribution in [0.4, 0.5) is 0 Å². The van der Waals surface area contributed by atoms with Crippen molar-refractivity contribution in [1.82, 2.24) is 0 Å². The van der Waals surface area contributed by atoms with E-state index in [0.717, 1.165) is 23.3 Å². The summed E-state index contributed by atoms with van der Waals surface area (Å²) in [5.41, 5.74) is 4.84. The maximum atomic E-state index is 10.7. The molecular formula is C21H35N2O3S+. The highest BCUT2D eigenvalue weighted by Gasteiger charge is 2.19. The first-order valence-corrected chi connectivity index (χ1v) is 9.89. The van der Waals surface area contributed by atoms with Gasteiger partial charge in [0.15, 0.2) is 5.05 Å². The van der Waals surface area contributed by atoms with E-state index in [1.807, 2.05) is 18.2 Å². The van der Waals surface area contributed by atoms with Crippen molar-refractivity contribution in [3.05, 3.63) is 46.8 Å². The molecule has 2 aromatic rings. The first kappa shape index (κ1) is 25.2. The summed E-state index contributed by atoms with van der Waals surface area (Å²) in [6.07, 6.45) is 2.06. The van der Waals surface area contributed by atoms with Crippen LogP contribution in [-0.2, 0) is 4.74 Å². The minimum atomic E-state index is -0.302. The lowest BCUT2D eigenvalue weighted by Crippen LogP contribution is -2.48. The molecule has 0 saturated heterocycles. The number of nitrogens with zero attached hydrogens (tertiary/aromatic N) is 1. The Morgan fingerprint density at radius 2 is 1.67 bits per heavy atom. The Balaban J connectivity index is 0.000000465. The second kappa shape index (κ2) is 14.3. The number of rotatable bonds is 7. The number of methoxy groups -OCH3 is 1. The molecule has 152 valence electrons. The second-order valence-corrected chi connectivity index (χ2v) is 6.44. The third kappa shape index (κ3) is 9.13. The van der Waals surface area contributed by atoms with Crippen molar-refractivity contribution in [2.24, 2.45) is 5.73 Å². The van der Waals surface area contributed by atoms with Crippen LogP contribution in [0, 0.1) is 0 Å². The van der Waals surface area contributed by atoms with Gasteiger partial charge in [0.25, 0.3) is 0 Å². The van der Waals surface area contributed by atoms with Crippen LogP contribution in [0.5, 0.6) is 0 Å². The molecule has 0 atom stereocenters. The quantitative estimate of drug-likeness (QED) is 0.436. The zero-order valence-electron chi connectivity index (χ0n) is 17.4. The van der Waals surface area contributed by atoms with Gasteiger partial charge in [-0.2, -0.15) is 0 Å². The Bertz CT molecular complexity index is 703. The summed E-state index contributed by atoms with van der Waals surface area (Å²) >= 11 is 5.02. The minimum absolute atomic E-state index is 0.302. The first-order chi connectivity index (χ1) is 13.0. The van der Waals surface area contributed by atoms with Crippen molar-refractivity contribution in [2.75, 3.05) is 40.3 Å². The predicted molar refractivity (Wildman–Crippen MR) is 118 cm³/mol. The average Bonchev–Trinajstić information content (AvgIpc) is 2.73. The summed E-state index contributed by atoms with van der Waals surface area (Å²) in [6, 6.07) is 10.6. The van der Waals surface area contributed by atoms with Crippen molar-refractivity contribution in [2.45, 2.75) is 33.6 Å². The van der Waals surface area contributed by atoms with Gasteiger partial charge >= 0.3 is 5.63 Å². The smallest absolute Gasteiger partial charge is 0.336 e. The number of fused-ring (bicyclic) bond motifs is 1. The van der Waals surface area contributed by atoms with Gasteiger partial charge in [-0.25, -0.2) is 4.79 Å². The van der Waals surface area contributed by atoms with Crippen LogP contribution in [0.1, 0.15) is 33.6 Å². The standard InChI is InChI=1S/C11H24NOS.C9H6O2.CH5N/c1-5-12(6-2,7-3)10-8-9-11(14)13-4;10-9-6-5-7-3-1-2-4-8(7)11-9;1-2/h5-10H2,1-4H3;1-6H;2H2,1H3/q+1;;. The minimum Gasteiger partial charge on any atom is -0.490 e. The highest BCUT2D eigenvalue weighted by Crippen LogP contribution is 2.10. The molecule has 1 aromatic carbocycles. The van der Waals surface area contributed by atoms with Crippen molar-refractivity contribution < 1.29 is 13.6 Å². The number of hydrogen-bond donors (Lipinski definition) is 1. The van der Waals surface area contributed by atoms with Gasteiger partial charge in [0, 0.05) is 24.3 Å². The van der Waals surface area contributed by atoms with Crippen LogP contribution in [0.3, 0.4) is 0 Å². The third-order valence-corrected chi connectivity index (χ3v) is 5.15. The van der Waals surface area contributed by atoms with Crippen molar-refractivity contribution in [3.63, 3.8) is 0 Å². The number of nitrogens with two attached hydrogens (primary N) is 1. The highest BCUT2D eigenvalue weighted by molar-refractivity contribution is 7.80. The molecule has 27 heavy (non-hydrogen) atoms. The summed E-state index contributed by atoms with van der Waals surface area (Å²) in [7, 11) is 3.16. The van der Waals surface area contributed by atoms with Crippen LogP contribution in [0.2, 0.25) is 0 Å². The van der Waals surface area contributed by atoms with Gasteiger partial charge < -0.3 is 19.4 Å². The largest absolute Gasteiger partial charge is 0.490 e. The molecule has 0 aliphatic rings. The molecule has 0 aliphatic carbocycles. The van der Waals surface area contributed by atoms with Crippen LogP contribution in [0.25, 0.3) is 11.0 Å². The summed E-state index contributed by atoms with van der Waals surface area (Å²) in [4.78, 5) is 10.7. The van der Waals surface area contributed by atoms with E-state index < -0.39 is 0 Å². The summed E-state index contributed by atoms with van der Waals surface area (Å²) in [5, 5.41) is 1.69. The molecular weight excluding hydrogens is 360 g/mol. The molecule has 6 heteroatoms. The lowest BCUT2D eigenvalue weighted by atomic mass is 10.2. The van der Waals surface area contributed by atoms with Gasteiger partial charge in [-0.15, -0.1) is 0 Å². The fraction of sp³-hybridized carbons (Fsp3) is 0.524. The number of para-hydroxylation sites is 1. The van der Waals surface area contributed by atoms with Gasteiger partial charge in [-0.1, -0.05) is 18.2 Å². The Labute approximate surface area is 168 Å². The molecule has 0 amide bonds. The number of hydrogen-bond acceptors (Lipinski definition) is 5. The Hall–Kier alpha value is -1.76. The van der Waals surface area contributed by atoms with Crippen LogP contribution in [0.15, 0.2) is 45.6 Å². The van der Waals surface area contributed by atoms with Gasteiger partial charge in [0.2, 0.25) is 0 Å². The second-order valence-electron chi connectivity index (χ2n) is 5.99. The molecule has 2 N–H and O–H groups in total. The zero-order chi connectivity index (χ0) is 20.7. The fourth-order valence-corrected chi connectivity index (χ4v) is 2.96. The van der Waals surface area contributed by atoms with Gasteiger partial charge in [-0.05, 0) is 52.2 Å². The van der Waals surface area contributed by atoms with E-state index in [2.05, 4.69) is 26.5 Å². The van der Waals surface area contributed by atoms with Gasteiger partial charge in [-0.3, -0.25) is 0 Å². The van der Waals surface area contributed by atoms with E-state index in [9.17, 15) is 4.79 Å². The molecule has 2 rings (SSSR count). The molecule has 5 nitrogen and oxygen atoms in total. The summed E-state index contributed by atoms with van der Waals surface area (Å²) in [6.45, 7) is 11.7. The molecule has 0 spiro atoms. The van der Waals surface area contributed by atoms with E-state index in [1.54, 1.807) is 19.2 Å². The molecule has 0 fully saturated rings. The van der Waals surface area contributed by atoms with Crippen LogP contribution >= 0.6 is 12.2 Å². The number of benzene rings is 1. The molecule has 0 saturated carbocycles. The maximum absolute atomic E-state index is 10.7. The Morgan fingerprint density at radius 3 is 2.22 bits per heavy atom. The van der Waals surface area contributed by atoms with Crippen molar-refractivity contribution in [1.29, 1.82) is 0 Å². The predicted octanol–water partition coefficient (Wildman–Crippen LogP) is 3.98. The molecule has 1 heterocycles. The number of ether oxygens (including phenoxy) is 1. The molecule has 0 aliphatic heterocycles. The molecule has 1 aromatic heterocycles.